The Morgan fingerprint density at radius 1 is 1.24 bits per heavy atom. The molecule has 2 aromatic rings. The maximum Gasteiger partial charge on any atom is 0.289 e. The second-order valence-corrected chi connectivity index (χ2v) is 4.61. The van der Waals surface area contributed by atoms with Gasteiger partial charge in [-0.1, -0.05) is 36.4 Å². The standard InChI is InChI=1S/C17H15N3O/c1-13-11-14(2)20(17(21)16(13)12-18)19-10-6-9-15-7-4-3-5-8-15/h3-11H,1-2H3. The minimum atomic E-state index is -0.389. The van der Waals surface area contributed by atoms with Gasteiger partial charge in [-0.3, -0.25) is 4.79 Å². The van der Waals surface area contributed by atoms with Crippen molar-refractivity contribution in [3.8, 4) is 6.07 Å². The van der Waals surface area contributed by atoms with E-state index in [9.17, 15) is 4.79 Å². The van der Waals surface area contributed by atoms with Crippen LogP contribution in [-0.4, -0.2) is 10.9 Å². The normalized spacial score (nSPS) is 11.1. The Kier molecular flexibility index (Phi) is 4.47. The van der Waals surface area contributed by atoms with Crippen LogP contribution in [0.4, 0.5) is 0 Å². The molecule has 0 spiro atoms. The lowest BCUT2D eigenvalue weighted by Crippen LogP contribution is -2.22. The second kappa shape index (κ2) is 6.49. The lowest BCUT2D eigenvalue weighted by atomic mass is 10.1. The Balaban J connectivity index is 2.29. The van der Waals surface area contributed by atoms with Gasteiger partial charge < -0.3 is 0 Å². The Labute approximate surface area is 123 Å². The van der Waals surface area contributed by atoms with Crippen molar-refractivity contribution in [2.45, 2.75) is 13.8 Å². The molecule has 2 rings (SSSR count). The number of aromatic nitrogens is 1. The van der Waals surface area contributed by atoms with Crippen LogP contribution >= 0.6 is 0 Å². The molecule has 0 fully saturated rings. The first kappa shape index (κ1) is 14.5. The molecule has 4 heteroatoms. The first-order valence-corrected chi connectivity index (χ1v) is 6.53. The molecule has 0 N–H and O–H groups in total. The van der Waals surface area contributed by atoms with Crippen LogP contribution in [0.25, 0.3) is 6.08 Å². The van der Waals surface area contributed by atoms with E-state index in [0.717, 1.165) is 5.56 Å². The van der Waals surface area contributed by atoms with Crippen LogP contribution in [0.2, 0.25) is 0 Å². The molecule has 1 aromatic carbocycles. The summed E-state index contributed by atoms with van der Waals surface area (Å²) in [5.41, 5.74) is 2.16. The third-order valence-corrected chi connectivity index (χ3v) is 3.03. The van der Waals surface area contributed by atoms with Crippen molar-refractivity contribution < 1.29 is 0 Å². The fraction of sp³-hybridized carbons (Fsp3) is 0.118. The Hall–Kier alpha value is -2.93. The molecule has 104 valence electrons. The van der Waals surface area contributed by atoms with Crippen LogP contribution < -0.4 is 5.56 Å². The summed E-state index contributed by atoms with van der Waals surface area (Å²) in [6.45, 7) is 3.53. The third kappa shape index (κ3) is 3.34. The van der Waals surface area contributed by atoms with Crippen LogP contribution in [0.1, 0.15) is 22.4 Å². The Morgan fingerprint density at radius 3 is 2.62 bits per heavy atom. The predicted octanol–water partition coefficient (Wildman–Crippen LogP) is 2.88. The molecule has 0 aliphatic rings. The van der Waals surface area contributed by atoms with E-state index in [2.05, 4.69) is 5.10 Å². The summed E-state index contributed by atoms with van der Waals surface area (Å²) in [5.74, 6) is 0. The minimum Gasteiger partial charge on any atom is -0.266 e. The molecule has 0 saturated carbocycles. The molecule has 1 aromatic heterocycles. The van der Waals surface area contributed by atoms with Gasteiger partial charge in [0.2, 0.25) is 0 Å². The highest BCUT2D eigenvalue weighted by Crippen LogP contribution is 2.05. The highest BCUT2D eigenvalue weighted by Gasteiger charge is 2.08. The molecule has 1 heterocycles. The van der Waals surface area contributed by atoms with Gasteiger partial charge in [0, 0.05) is 11.9 Å². The molecule has 0 aliphatic heterocycles. The number of hydrogen-bond donors (Lipinski definition) is 0. The van der Waals surface area contributed by atoms with E-state index in [1.807, 2.05) is 42.5 Å². The molecular weight excluding hydrogens is 262 g/mol. The number of benzene rings is 1. The molecule has 0 amide bonds. The molecule has 0 bridgehead atoms. The number of nitrogens with zero attached hydrogens (tertiary/aromatic N) is 3. The molecular formula is C17H15N3O. The molecule has 0 atom stereocenters. The number of hydrogen-bond acceptors (Lipinski definition) is 3. The monoisotopic (exact) mass is 277 g/mol. The van der Waals surface area contributed by atoms with Crippen LogP contribution in [0.5, 0.6) is 0 Å². The molecule has 0 radical (unpaired) electrons. The highest BCUT2D eigenvalue weighted by atomic mass is 16.1. The van der Waals surface area contributed by atoms with Crippen LogP contribution in [0.15, 0.2) is 52.4 Å². The molecule has 4 nitrogen and oxygen atoms in total. The smallest absolute Gasteiger partial charge is 0.266 e. The summed E-state index contributed by atoms with van der Waals surface area (Å²) in [6.07, 6.45) is 5.19. The van der Waals surface area contributed by atoms with Crippen molar-refractivity contribution in [1.29, 1.82) is 5.26 Å². The van der Waals surface area contributed by atoms with Gasteiger partial charge in [0.15, 0.2) is 0 Å². The second-order valence-electron chi connectivity index (χ2n) is 4.61. The summed E-state index contributed by atoms with van der Waals surface area (Å²) in [5, 5.41) is 13.1. The van der Waals surface area contributed by atoms with E-state index in [0.29, 0.717) is 11.3 Å². The van der Waals surface area contributed by atoms with Crippen molar-refractivity contribution in [2.24, 2.45) is 5.10 Å². The zero-order valence-electron chi connectivity index (χ0n) is 11.9. The zero-order chi connectivity index (χ0) is 15.2. The van der Waals surface area contributed by atoms with E-state index in [1.165, 1.54) is 10.9 Å². The first-order valence-electron chi connectivity index (χ1n) is 6.53. The number of allylic oxidation sites excluding steroid dienone is 1. The molecule has 0 unspecified atom stereocenters. The quantitative estimate of drug-likeness (QED) is 0.810. The van der Waals surface area contributed by atoms with E-state index >= 15 is 0 Å². The van der Waals surface area contributed by atoms with Crippen LogP contribution in [0.3, 0.4) is 0 Å². The summed E-state index contributed by atoms with van der Waals surface area (Å²) >= 11 is 0. The van der Waals surface area contributed by atoms with Crippen molar-refractivity contribution in [3.05, 3.63) is 75.2 Å². The zero-order valence-corrected chi connectivity index (χ0v) is 11.9. The molecule has 21 heavy (non-hydrogen) atoms. The summed E-state index contributed by atoms with van der Waals surface area (Å²) in [7, 11) is 0. The Morgan fingerprint density at radius 2 is 1.95 bits per heavy atom. The summed E-state index contributed by atoms with van der Waals surface area (Å²) < 4.78 is 1.24. The predicted molar refractivity (Wildman–Crippen MR) is 84.3 cm³/mol. The molecule has 0 saturated heterocycles. The third-order valence-electron chi connectivity index (χ3n) is 3.03. The number of aryl methyl sites for hydroxylation is 2. The summed E-state index contributed by atoms with van der Waals surface area (Å²) in [6, 6.07) is 13.5. The first-order chi connectivity index (χ1) is 10.1. The number of rotatable bonds is 3. The summed E-state index contributed by atoms with van der Waals surface area (Å²) in [4.78, 5) is 12.1. The fourth-order valence-corrected chi connectivity index (χ4v) is 1.98. The van der Waals surface area contributed by atoms with E-state index in [-0.39, 0.29) is 11.1 Å². The van der Waals surface area contributed by atoms with Gasteiger partial charge in [0.1, 0.15) is 11.6 Å². The Bertz CT molecular complexity index is 793. The topological polar surface area (TPSA) is 58.1 Å². The average Bonchev–Trinajstić information content (AvgIpc) is 2.47. The van der Waals surface area contributed by atoms with Crippen molar-refractivity contribution in [2.75, 3.05) is 0 Å². The van der Waals surface area contributed by atoms with Gasteiger partial charge in [-0.05, 0) is 37.1 Å². The van der Waals surface area contributed by atoms with Crippen LogP contribution in [-0.2, 0) is 0 Å². The number of nitriles is 1. The van der Waals surface area contributed by atoms with Crippen LogP contribution in [0, 0.1) is 25.2 Å². The van der Waals surface area contributed by atoms with Gasteiger partial charge in [-0.15, -0.1) is 0 Å². The largest absolute Gasteiger partial charge is 0.289 e. The minimum absolute atomic E-state index is 0.129. The van der Waals surface area contributed by atoms with Crippen molar-refractivity contribution in [3.63, 3.8) is 0 Å². The van der Waals surface area contributed by atoms with Crippen molar-refractivity contribution in [1.82, 2.24) is 4.68 Å². The average molecular weight is 277 g/mol. The van der Waals surface area contributed by atoms with Gasteiger partial charge >= 0.3 is 0 Å². The number of pyridine rings is 1. The van der Waals surface area contributed by atoms with Gasteiger partial charge in [0.25, 0.3) is 5.56 Å². The molecule has 0 aliphatic carbocycles. The maximum atomic E-state index is 12.1. The van der Waals surface area contributed by atoms with Gasteiger partial charge in [0.05, 0.1) is 0 Å². The lowest BCUT2D eigenvalue weighted by Gasteiger charge is -2.05. The lowest BCUT2D eigenvalue weighted by molar-refractivity contribution is 0.787. The fourth-order valence-electron chi connectivity index (χ4n) is 1.98. The SMILES string of the molecule is Cc1cc(C)n(N=CC=Cc2ccccc2)c(=O)c1C#N. The van der Waals surface area contributed by atoms with E-state index < -0.39 is 0 Å². The van der Waals surface area contributed by atoms with E-state index in [1.54, 1.807) is 26.0 Å². The van der Waals surface area contributed by atoms with Crippen molar-refractivity contribution >= 4 is 12.3 Å². The van der Waals surface area contributed by atoms with Gasteiger partial charge in [-0.2, -0.15) is 10.4 Å². The van der Waals surface area contributed by atoms with E-state index in [4.69, 9.17) is 5.26 Å². The van der Waals surface area contributed by atoms with Gasteiger partial charge in [-0.25, -0.2) is 4.68 Å². The highest BCUT2D eigenvalue weighted by molar-refractivity contribution is 5.78. The maximum absolute atomic E-state index is 12.1.